The van der Waals surface area contributed by atoms with Gasteiger partial charge in [0.15, 0.2) is 0 Å². The van der Waals surface area contributed by atoms with E-state index >= 15 is 0 Å². The second kappa shape index (κ2) is 12.4. The summed E-state index contributed by atoms with van der Waals surface area (Å²) in [5, 5.41) is 6.19. The van der Waals surface area contributed by atoms with E-state index in [1.807, 2.05) is 60.7 Å². The second-order valence-corrected chi connectivity index (χ2v) is 9.54. The van der Waals surface area contributed by atoms with Gasteiger partial charge in [-0.15, -0.1) is 0 Å². The Bertz CT molecular complexity index is 1090. The molecule has 2 aromatic carbocycles. The molecule has 0 radical (unpaired) electrons. The predicted octanol–water partition coefficient (Wildman–Crippen LogP) is 4.35. The van der Waals surface area contributed by atoms with Crippen LogP contribution in [0.4, 0.5) is 4.79 Å². The van der Waals surface area contributed by atoms with Gasteiger partial charge in [-0.3, -0.25) is 9.36 Å². The number of ether oxygens (including phenoxy) is 1. The standard InChI is InChI=1S/C24H30N3O6P/c1-3-32-34(30,33-4-2)17-25-23(28)22(15-20-14-19-12-8-9-13-21(19)26-20)27-24(29)31-16-18-10-6-5-7-11-18/h5-14,22,26H,3-4,15-17H2,1-2H3,(H,25,28)(H,27,29). The van der Waals surface area contributed by atoms with Gasteiger partial charge in [0.25, 0.3) is 0 Å². The largest absolute Gasteiger partial charge is 0.445 e. The zero-order valence-electron chi connectivity index (χ0n) is 19.3. The average molecular weight is 487 g/mol. The van der Waals surface area contributed by atoms with E-state index in [2.05, 4.69) is 15.6 Å². The number of carbonyl (C=O) groups excluding carboxylic acids is 2. The number of alkyl carbamates (subject to hydrolysis) is 1. The molecule has 1 heterocycles. The number of fused-ring (bicyclic) bond motifs is 1. The van der Waals surface area contributed by atoms with Crippen LogP contribution in [0.5, 0.6) is 0 Å². The van der Waals surface area contributed by atoms with E-state index < -0.39 is 25.6 Å². The molecule has 1 aromatic heterocycles. The minimum absolute atomic E-state index is 0.0667. The summed E-state index contributed by atoms with van der Waals surface area (Å²) in [6.45, 7) is 3.80. The highest BCUT2D eigenvalue weighted by molar-refractivity contribution is 7.53. The van der Waals surface area contributed by atoms with Gasteiger partial charge in [-0.1, -0.05) is 48.5 Å². The Kier molecular flexibility index (Phi) is 9.27. The quantitative estimate of drug-likeness (QED) is 0.327. The van der Waals surface area contributed by atoms with E-state index in [9.17, 15) is 14.2 Å². The molecule has 0 saturated carbocycles. The lowest BCUT2D eigenvalue weighted by Gasteiger charge is -2.21. The smallest absolute Gasteiger partial charge is 0.408 e. The number of amides is 2. The van der Waals surface area contributed by atoms with Crippen LogP contribution in [0.2, 0.25) is 0 Å². The number of hydrogen-bond acceptors (Lipinski definition) is 6. The maximum atomic E-state index is 13.0. The molecule has 0 aliphatic carbocycles. The van der Waals surface area contributed by atoms with Crippen molar-refractivity contribution in [3.05, 3.63) is 71.9 Å². The monoisotopic (exact) mass is 487 g/mol. The number of para-hydroxylation sites is 1. The lowest BCUT2D eigenvalue weighted by molar-refractivity contribution is -0.122. The van der Waals surface area contributed by atoms with E-state index in [0.29, 0.717) is 0 Å². The van der Waals surface area contributed by atoms with Gasteiger partial charge in [-0.2, -0.15) is 0 Å². The highest BCUT2D eigenvalue weighted by atomic mass is 31.2. The van der Waals surface area contributed by atoms with E-state index in [-0.39, 0.29) is 32.5 Å². The normalized spacial score (nSPS) is 12.3. The SMILES string of the molecule is CCOP(=O)(CNC(=O)C(Cc1cc2ccccc2[nH]1)NC(=O)OCc1ccccc1)OCC. The van der Waals surface area contributed by atoms with Gasteiger partial charge in [-0.05, 0) is 36.9 Å². The van der Waals surface area contributed by atoms with E-state index in [0.717, 1.165) is 22.2 Å². The van der Waals surface area contributed by atoms with Crippen molar-refractivity contribution in [2.45, 2.75) is 32.9 Å². The lowest BCUT2D eigenvalue weighted by atomic mass is 10.1. The molecule has 3 aromatic rings. The summed E-state index contributed by atoms with van der Waals surface area (Å²) >= 11 is 0. The summed E-state index contributed by atoms with van der Waals surface area (Å²) in [5.74, 6) is -0.532. The van der Waals surface area contributed by atoms with E-state index in [1.165, 1.54) is 0 Å². The van der Waals surface area contributed by atoms with Gasteiger partial charge >= 0.3 is 13.7 Å². The molecule has 0 spiro atoms. The molecule has 0 aliphatic heterocycles. The van der Waals surface area contributed by atoms with Gasteiger partial charge in [0.2, 0.25) is 5.91 Å². The number of hydrogen-bond donors (Lipinski definition) is 3. The number of carbonyl (C=O) groups is 2. The molecule has 1 unspecified atom stereocenters. The Morgan fingerprint density at radius 3 is 2.35 bits per heavy atom. The summed E-state index contributed by atoms with van der Waals surface area (Å²) in [6, 6.07) is 17.9. The number of H-pyrrole nitrogens is 1. The summed E-state index contributed by atoms with van der Waals surface area (Å²) in [4.78, 5) is 28.7. The predicted molar refractivity (Wildman–Crippen MR) is 129 cm³/mol. The Labute approximate surface area is 198 Å². The molecule has 3 rings (SSSR count). The maximum absolute atomic E-state index is 13.0. The fraction of sp³-hybridized carbons (Fsp3) is 0.333. The first-order valence-corrected chi connectivity index (χ1v) is 12.8. The second-order valence-electron chi connectivity index (χ2n) is 7.49. The van der Waals surface area contributed by atoms with Crippen molar-refractivity contribution in [1.82, 2.24) is 15.6 Å². The zero-order chi connectivity index (χ0) is 24.4. The molecule has 1 atom stereocenters. The van der Waals surface area contributed by atoms with Gasteiger partial charge in [0, 0.05) is 17.6 Å². The molecule has 0 aliphatic rings. The molecule has 182 valence electrons. The summed E-state index contributed by atoms with van der Waals surface area (Å²) < 4.78 is 28.5. The van der Waals surface area contributed by atoms with Crippen LogP contribution in [-0.2, 0) is 36.2 Å². The third kappa shape index (κ3) is 7.45. The highest BCUT2D eigenvalue weighted by Gasteiger charge is 2.28. The minimum Gasteiger partial charge on any atom is -0.445 e. The first kappa shape index (κ1) is 25.5. The minimum atomic E-state index is -3.49. The van der Waals surface area contributed by atoms with Gasteiger partial charge < -0.3 is 29.4 Å². The Balaban J connectivity index is 1.69. The topological polar surface area (TPSA) is 119 Å². The molecular formula is C24H30N3O6P. The number of aromatic nitrogens is 1. The van der Waals surface area contributed by atoms with Crippen LogP contribution in [0.3, 0.4) is 0 Å². The van der Waals surface area contributed by atoms with Crippen LogP contribution >= 0.6 is 7.60 Å². The molecule has 34 heavy (non-hydrogen) atoms. The van der Waals surface area contributed by atoms with Gasteiger partial charge in [-0.25, -0.2) is 4.79 Å². The van der Waals surface area contributed by atoms with Crippen molar-refractivity contribution in [3.8, 4) is 0 Å². The summed E-state index contributed by atoms with van der Waals surface area (Å²) in [7, 11) is -3.49. The fourth-order valence-corrected chi connectivity index (χ4v) is 4.79. The van der Waals surface area contributed by atoms with Crippen molar-refractivity contribution >= 4 is 30.5 Å². The number of rotatable bonds is 12. The number of benzene rings is 2. The third-order valence-electron chi connectivity index (χ3n) is 4.93. The number of aromatic amines is 1. The van der Waals surface area contributed by atoms with Crippen LogP contribution in [-0.4, -0.2) is 42.5 Å². The molecule has 3 N–H and O–H groups in total. The molecular weight excluding hydrogens is 457 g/mol. The first-order valence-electron chi connectivity index (χ1n) is 11.1. The van der Waals surface area contributed by atoms with Crippen molar-refractivity contribution in [3.63, 3.8) is 0 Å². The Morgan fingerprint density at radius 2 is 1.68 bits per heavy atom. The molecule has 9 nitrogen and oxygen atoms in total. The van der Waals surface area contributed by atoms with Crippen molar-refractivity contribution in [1.29, 1.82) is 0 Å². The Morgan fingerprint density at radius 1 is 1.00 bits per heavy atom. The summed E-state index contributed by atoms with van der Waals surface area (Å²) in [5.41, 5.74) is 2.49. The van der Waals surface area contributed by atoms with Gasteiger partial charge in [0.05, 0.1) is 13.2 Å². The van der Waals surface area contributed by atoms with Crippen molar-refractivity contribution < 1.29 is 27.9 Å². The molecule has 0 fully saturated rings. The van der Waals surface area contributed by atoms with E-state index in [4.69, 9.17) is 13.8 Å². The summed E-state index contributed by atoms with van der Waals surface area (Å²) in [6.07, 6.45) is -0.871. The molecule has 10 heteroatoms. The average Bonchev–Trinajstić information content (AvgIpc) is 3.24. The molecule has 0 bridgehead atoms. The lowest BCUT2D eigenvalue weighted by Crippen LogP contribution is -2.48. The highest BCUT2D eigenvalue weighted by Crippen LogP contribution is 2.46. The van der Waals surface area contributed by atoms with Crippen LogP contribution < -0.4 is 10.6 Å². The first-order chi connectivity index (χ1) is 16.4. The van der Waals surface area contributed by atoms with Gasteiger partial charge in [0.1, 0.15) is 18.9 Å². The fourth-order valence-electron chi connectivity index (χ4n) is 3.40. The maximum Gasteiger partial charge on any atom is 0.408 e. The van der Waals surface area contributed by atoms with Crippen LogP contribution in [0, 0.1) is 0 Å². The van der Waals surface area contributed by atoms with Crippen LogP contribution in [0.15, 0.2) is 60.7 Å². The molecule has 0 saturated heterocycles. The zero-order valence-corrected chi connectivity index (χ0v) is 20.2. The van der Waals surface area contributed by atoms with Crippen molar-refractivity contribution in [2.75, 3.05) is 19.5 Å². The Hall–Kier alpha value is -3.13. The van der Waals surface area contributed by atoms with Crippen LogP contribution in [0.25, 0.3) is 10.9 Å². The molecule has 2 amide bonds. The third-order valence-corrected chi connectivity index (χ3v) is 6.78. The van der Waals surface area contributed by atoms with E-state index in [1.54, 1.807) is 13.8 Å². The van der Waals surface area contributed by atoms with Crippen molar-refractivity contribution in [2.24, 2.45) is 0 Å². The van der Waals surface area contributed by atoms with Crippen LogP contribution in [0.1, 0.15) is 25.1 Å². The number of nitrogens with one attached hydrogen (secondary N) is 3.